The molecule has 0 radical (unpaired) electrons. The van der Waals surface area contributed by atoms with E-state index in [0.717, 1.165) is 43.1 Å². The predicted octanol–water partition coefficient (Wildman–Crippen LogP) is 4.60. The monoisotopic (exact) mass is 569 g/mol. The van der Waals surface area contributed by atoms with Gasteiger partial charge in [-0.05, 0) is 56.4 Å². The fourth-order valence-corrected chi connectivity index (χ4v) is 5.20. The van der Waals surface area contributed by atoms with Crippen LogP contribution < -0.4 is 15.4 Å². The van der Waals surface area contributed by atoms with Gasteiger partial charge in [0.1, 0.15) is 11.4 Å². The normalized spacial score (nSPS) is 19.6. The number of nitrogens with zero attached hydrogens (tertiary/aromatic N) is 1. The number of guanidine groups is 1. The molecule has 0 aromatic heterocycles. The van der Waals surface area contributed by atoms with Gasteiger partial charge < -0.3 is 15.4 Å². The number of aliphatic imine (C=N–C) groups is 1. The van der Waals surface area contributed by atoms with Crippen LogP contribution in [0.25, 0.3) is 0 Å². The van der Waals surface area contributed by atoms with Gasteiger partial charge in [-0.3, -0.25) is 0 Å². The summed E-state index contributed by atoms with van der Waals surface area (Å²) in [5.74, 6) is 1.73. The number of hydrogen-bond donors (Lipinski definition) is 2. The van der Waals surface area contributed by atoms with Crippen LogP contribution in [-0.2, 0) is 16.4 Å². The Balaban J connectivity index is 0.00000289. The van der Waals surface area contributed by atoms with Crippen molar-refractivity contribution in [3.05, 3.63) is 59.7 Å². The molecule has 2 aromatic rings. The summed E-state index contributed by atoms with van der Waals surface area (Å²) in [5.41, 5.74) is 2.05. The second-order valence-electron chi connectivity index (χ2n) is 8.54. The Morgan fingerprint density at radius 3 is 2.47 bits per heavy atom. The zero-order valence-electron chi connectivity index (χ0n) is 18.6. The molecule has 2 aliphatic rings. The van der Waals surface area contributed by atoms with Crippen molar-refractivity contribution in [1.82, 2.24) is 10.6 Å². The molecule has 2 N–H and O–H groups in total. The van der Waals surface area contributed by atoms with Crippen LogP contribution in [0, 0.1) is 0 Å². The third-order valence-corrected chi connectivity index (χ3v) is 7.27. The summed E-state index contributed by atoms with van der Waals surface area (Å²) in [6.07, 6.45) is 6.77. The van der Waals surface area contributed by atoms with E-state index in [2.05, 4.69) is 35.8 Å². The molecule has 174 valence electrons. The minimum absolute atomic E-state index is 0. The maximum atomic E-state index is 11.7. The lowest BCUT2D eigenvalue weighted by atomic mass is 9.86. The summed E-state index contributed by atoms with van der Waals surface area (Å²) in [6.45, 7) is 3.28. The van der Waals surface area contributed by atoms with E-state index in [9.17, 15) is 8.42 Å². The van der Waals surface area contributed by atoms with Gasteiger partial charge in [-0.25, -0.2) is 13.4 Å². The van der Waals surface area contributed by atoms with E-state index in [1.165, 1.54) is 24.7 Å². The lowest BCUT2D eigenvalue weighted by molar-refractivity contribution is 0.0396. The van der Waals surface area contributed by atoms with E-state index in [1.807, 2.05) is 18.2 Å². The number of para-hydroxylation sites is 1. The summed E-state index contributed by atoms with van der Waals surface area (Å²) in [7, 11) is -3.19. The quantitative estimate of drug-likeness (QED) is 0.313. The average molecular weight is 570 g/mol. The zero-order valence-corrected chi connectivity index (χ0v) is 21.8. The molecule has 0 saturated heterocycles. The molecule has 1 spiro atoms. The Morgan fingerprint density at radius 1 is 1.12 bits per heavy atom. The number of halogens is 1. The maximum Gasteiger partial charge on any atom is 0.192 e. The van der Waals surface area contributed by atoms with Crippen LogP contribution in [-0.4, -0.2) is 32.8 Å². The molecule has 1 atom stereocenters. The SMILES string of the molecule is CCNC(=NCc1ccc(S(C)(=O)=O)cc1)NC1CC2(CCCC2)Oc2ccccc21.I. The van der Waals surface area contributed by atoms with Gasteiger partial charge in [-0.1, -0.05) is 30.3 Å². The molecule has 6 nitrogen and oxygen atoms in total. The van der Waals surface area contributed by atoms with Gasteiger partial charge in [0.25, 0.3) is 0 Å². The second-order valence-corrected chi connectivity index (χ2v) is 10.6. The molecule has 8 heteroatoms. The fraction of sp³-hybridized carbons (Fsp3) is 0.458. The van der Waals surface area contributed by atoms with Gasteiger partial charge >= 0.3 is 0 Å². The maximum absolute atomic E-state index is 11.7. The fourth-order valence-electron chi connectivity index (χ4n) is 4.57. The van der Waals surface area contributed by atoms with Crippen LogP contribution >= 0.6 is 24.0 Å². The van der Waals surface area contributed by atoms with Gasteiger partial charge in [0.05, 0.1) is 17.5 Å². The molecule has 1 unspecified atom stereocenters. The standard InChI is InChI=1S/C24H31N3O3S.HI/c1-3-25-23(26-17-18-10-12-19(13-11-18)31(2,28)29)27-21-16-24(14-6-7-15-24)30-22-9-5-4-8-20(21)22;/h4-5,8-13,21H,3,6-7,14-17H2,1-2H3,(H2,25,26,27);1H. The number of rotatable bonds is 5. The second kappa shape index (κ2) is 10.4. The third kappa shape index (κ3) is 5.75. The van der Waals surface area contributed by atoms with E-state index in [0.29, 0.717) is 11.4 Å². The number of fused-ring (bicyclic) bond motifs is 1. The van der Waals surface area contributed by atoms with Crippen molar-refractivity contribution in [2.75, 3.05) is 12.8 Å². The van der Waals surface area contributed by atoms with Gasteiger partial charge in [0, 0.05) is 24.8 Å². The van der Waals surface area contributed by atoms with Gasteiger partial charge in [-0.15, -0.1) is 24.0 Å². The van der Waals surface area contributed by atoms with Crippen LogP contribution in [0.5, 0.6) is 5.75 Å². The first-order valence-corrected chi connectivity index (χ1v) is 12.9. The van der Waals surface area contributed by atoms with E-state index >= 15 is 0 Å². The highest BCUT2D eigenvalue weighted by Crippen LogP contribution is 2.46. The molecule has 1 aliphatic heterocycles. The molecule has 1 heterocycles. The number of sulfone groups is 1. The van der Waals surface area contributed by atoms with E-state index in [1.54, 1.807) is 12.1 Å². The minimum atomic E-state index is -3.19. The highest BCUT2D eigenvalue weighted by atomic mass is 127. The Bertz CT molecular complexity index is 1050. The molecule has 2 aromatic carbocycles. The van der Waals surface area contributed by atoms with Crippen LogP contribution in [0.1, 0.15) is 56.2 Å². The summed E-state index contributed by atoms with van der Waals surface area (Å²) in [4.78, 5) is 5.09. The Labute approximate surface area is 208 Å². The highest BCUT2D eigenvalue weighted by Gasteiger charge is 2.43. The van der Waals surface area contributed by atoms with Crippen LogP contribution in [0.3, 0.4) is 0 Å². The van der Waals surface area contributed by atoms with Crippen molar-refractivity contribution in [2.24, 2.45) is 4.99 Å². The molecule has 1 aliphatic carbocycles. The van der Waals surface area contributed by atoms with E-state index < -0.39 is 9.84 Å². The Kier molecular flexibility index (Phi) is 8.08. The number of benzene rings is 2. The summed E-state index contributed by atoms with van der Waals surface area (Å²) < 4.78 is 29.8. The first-order chi connectivity index (χ1) is 14.9. The van der Waals surface area contributed by atoms with Crippen molar-refractivity contribution in [3.63, 3.8) is 0 Å². The molecule has 32 heavy (non-hydrogen) atoms. The lowest BCUT2D eigenvalue weighted by Crippen LogP contribution is -2.46. The zero-order chi connectivity index (χ0) is 21.9. The average Bonchev–Trinajstić information content (AvgIpc) is 3.19. The van der Waals surface area contributed by atoms with Gasteiger partial charge in [0.15, 0.2) is 15.8 Å². The first kappa shape index (κ1) is 24.8. The summed E-state index contributed by atoms with van der Waals surface area (Å²) in [6, 6.07) is 15.3. The summed E-state index contributed by atoms with van der Waals surface area (Å²) >= 11 is 0. The molecule has 0 bridgehead atoms. The van der Waals surface area contributed by atoms with Gasteiger partial charge in [0.2, 0.25) is 0 Å². The van der Waals surface area contributed by atoms with Crippen LogP contribution in [0.4, 0.5) is 0 Å². The molecule has 4 rings (SSSR count). The van der Waals surface area contributed by atoms with E-state index in [4.69, 9.17) is 9.73 Å². The molecule has 0 amide bonds. The van der Waals surface area contributed by atoms with Gasteiger partial charge in [-0.2, -0.15) is 0 Å². The Morgan fingerprint density at radius 2 is 1.81 bits per heavy atom. The number of hydrogen-bond acceptors (Lipinski definition) is 4. The topological polar surface area (TPSA) is 79.8 Å². The van der Waals surface area contributed by atoms with Crippen molar-refractivity contribution in [1.29, 1.82) is 0 Å². The molecule has 1 fully saturated rings. The lowest BCUT2D eigenvalue weighted by Gasteiger charge is -2.40. The number of ether oxygens (including phenoxy) is 1. The molecular formula is C24H32IN3O3S. The van der Waals surface area contributed by atoms with E-state index in [-0.39, 0.29) is 35.6 Å². The van der Waals surface area contributed by atoms with Crippen LogP contribution in [0.15, 0.2) is 58.4 Å². The third-order valence-electron chi connectivity index (χ3n) is 6.14. The molecular weight excluding hydrogens is 537 g/mol. The highest BCUT2D eigenvalue weighted by molar-refractivity contribution is 14.0. The smallest absolute Gasteiger partial charge is 0.192 e. The predicted molar refractivity (Wildman–Crippen MR) is 139 cm³/mol. The van der Waals surface area contributed by atoms with Crippen molar-refractivity contribution in [3.8, 4) is 5.75 Å². The number of nitrogens with one attached hydrogen (secondary N) is 2. The van der Waals surface area contributed by atoms with Crippen molar-refractivity contribution >= 4 is 39.8 Å². The largest absolute Gasteiger partial charge is 0.487 e. The van der Waals surface area contributed by atoms with Crippen LogP contribution in [0.2, 0.25) is 0 Å². The summed E-state index contributed by atoms with van der Waals surface area (Å²) in [5, 5.41) is 6.98. The first-order valence-electron chi connectivity index (χ1n) is 11.0. The Hall–Kier alpha value is -1.81. The van der Waals surface area contributed by atoms with Crippen molar-refractivity contribution in [2.45, 2.75) is 62.1 Å². The van der Waals surface area contributed by atoms with Crippen molar-refractivity contribution < 1.29 is 13.2 Å². The minimum Gasteiger partial charge on any atom is -0.487 e. The molecule has 1 saturated carbocycles.